The fourth-order valence-electron chi connectivity index (χ4n) is 3.79. The topological polar surface area (TPSA) is 65.1 Å². The molecule has 4 rings (SSSR count). The number of anilines is 3. The van der Waals surface area contributed by atoms with Crippen molar-refractivity contribution in [1.29, 1.82) is 0 Å². The SMILES string of the molecule is O=C(Nc1ccccc1N1CCOCC1)C(=O)N1CCN(c2ccccc2)CC1. The minimum Gasteiger partial charge on any atom is -0.378 e. The van der Waals surface area contributed by atoms with E-state index in [9.17, 15) is 9.59 Å². The normalized spacial score (nSPS) is 17.2. The van der Waals surface area contributed by atoms with Gasteiger partial charge in [-0.25, -0.2) is 0 Å². The van der Waals surface area contributed by atoms with Gasteiger partial charge in [-0.05, 0) is 24.3 Å². The van der Waals surface area contributed by atoms with E-state index in [1.54, 1.807) is 4.90 Å². The minimum atomic E-state index is -0.584. The number of ether oxygens (including phenoxy) is 1. The molecule has 2 saturated heterocycles. The lowest BCUT2D eigenvalue weighted by Crippen LogP contribution is -2.51. The number of benzene rings is 2. The lowest BCUT2D eigenvalue weighted by atomic mass is 10.2. The molecule has 2 fully saturated rings. The van der Waals surface area contributed by atoms with Crippen molar-refractivity contribution in [1.82, 2.24) is 4.90 Å². The number of nitrogens with one attached hydrogen (secondary N) is 1. The van der Waals surface area contributed by atoms with E-state index in [-0.39, 0.29) is 0 Å². The van der Waals surface area contributed by atoms with E-state index in [0.717, 1.165) is 24.5 Å². The Balaban J connectivity index is 1.36. The number of amides is 2. The summed E-state index contributed by atoms with van der Waals surface area (Å²) in [5.74, 6) is -1.06. The van der Waals surface area contributed by atoms with Crippen LogP contribution in [0.25, 0.3) is 0 Å². The maximum absolute atomic E-state index is 12.7. The molecule has 7 heteroatoms. The molecule has 0 bridgehead atoms. The van der Waals surface area contributed by atoms with E-state index in [2.05, 4.69) is 27.2 Å². The molecule has 7 nitrogen and oxygen atoms in total. The highest BCUT2D eigenvalue weighted by molar-refractivity contribution is 6.39. The zero-order chi connectivity index (χ0) is 20.1. The molecule has 0 aromatic heterocycles. The van der Waals surface area contributed by atoms with Crippen molar-refractivity contribution >= 4 is 28.9 Å². The van der Waals surface area contributed by atoms with Gasteiger partial charge in [-0.2, -0.15) is 0 Å². The molecule has 152 valence electrons. The van der Waals surface area contributed by atoms with E-state index >= 15 is 0 Å². The van der Waals surface area contributed by atoms with Gasteiger partial charge in [0, 0.05) is 45.0 Å². The van der Waals surface area contributed by atoms with Crippen molar-refractivity contribution in [3.63, 3.8) is 0 Å². The van der Waals surface area contributed by atoms with E-state index in [1.807, 2.05) is 42.5 Å². The van der Waals surface area contributed by atoms with Crippen molar-refractivity contribution in [2.45, 2.75) is 0 Å². The van der Waals surface area contributed by atoms with E-state index in [0.29, 0.717) is 45.1 Å². The minimum absolute atomic E-state index is 0.477. The molecule has 0 aliphatic carbocycles. The number of rotatable bonds is 3. The van der Waals surface area contributed by atoms with Crippen molar-refractivity contribution in [3.05, 3.63) is 54.6 Å². The lowest BCUT2D eigenvalue weighted by Gasteiger charge is -2.35. The van der Waals surface area contributed by atoms with E-state index in [1.165, 1.54) is 0 Å². The fraction of sp³-hybridized carbons (Fsp3) is 0.364. The summed E-state index contributed by atoms with van der Waals surface area (Å²) in [6, 6.07) is 17.7. The summed E-state index contributed by atoms with van der Waals surface area (Å²) in [4.78, 5) is 31.4. The summed E-state index contributed by atoms with van der Waals surface area (Å²) in [6.07, 6.45) is 0. The Morgan fingerprint density at radius 1 is 0.759 bits per heavy atom. The smallest absolute Gasteiger partial charge is 0.313 e. The van der Waals surface area contributed by atoms with E-state index < -0.39 is 11.8 Å². The predicted octanol–water partition coefficient (Wildman–Crippen LogP) is 1.81. The van der Waals surface area contributed by atoms with Gasteiger partial charge in [0.1, 0.15) is 0 Å². The molecule has 0 radical (unpaired) electrons. The molecule has 2 aliphatic heterocycles. The lowest BCUT2D eigenvalue weighted by molar-refractivity contribution is -0.143. The van der Waals surface area contributed by atoms with Crippen LogP contribution in [0.5, 0.6) is 0 Å². The zero-order valence-corrected chi connectivity index (χ0v) is 16.4. The third-order valence-corrected chi connectivity index (χ3v) is 5.39. The molecule has 2 heterocycles. The summed E-state index contributed by atoms with van der Waals surface area (Å²) in [5, 5.41) is 2.82. The summed E-state index contributed by atoms with van der Waals surface area (Å²) in [5.41, 5.74) is 2.73. The van der Waals surface area contributed by atoms with Crippen LogP contribution in [0, 0.1) is 0 Å². The third kappa shape index (κ3) is 4.51. The fourth-order valence-corrected chi connectivity index (χ4v) is 3.79. The second-order valence-corrected chi connectivity index (χ2v) is 7.19. The van der Waals surface area contributed by atoms with Crippen LogP contribution in [0.1, 0.15) is 0 Å². The molecule has 2 aromatic carbocycles. The molecule has 2 aromatic rings. The second kappa shape index (κ2) is 8.96. The molecule has 0 atom stereocenters. The van der Waals surface area contributed by atoms with Gasteiger partial charge < -0.3 is 24.8 Å². The van der Waals surface area contributed by atoms with Crippen LogP contribution in [0.2, 0.25) is 0 Å². The molecule has 1 N–H and O–H groups in total. The molecule has 0 saturated carbocycles. The van der Waals surface area contributed by atoms with E-state index in [4.69, 9.17) is 4.74 Å². The van der Waals surface area contributed by atoms with Crippen molar-refractivity contribution in [2.24, 2.45) is 0 Å². The van der Waals surface area contributed by atoms with Crippen LogP contribution in [0.3, 0.4) is 0 Å². The molecule has 0 unspecified atom stereocenters. The van der Waals surface area contributed by atoms with Crippen LogP contribution in [-0.2, 0) is 14.3 Å². The van der Waals surface area contributed by atoms with Crippen LogP contribution < -0.4 is 15.1 Å². The molecular weight excluding hydrogens is 368 g/mol. The number of morpholine rings is 1. The van der Waals surface area contributed by atoms with Gasteiger partial charge in [-0.3, -0.25) is 9.59 Å². The Kier molecular flexibility index (Phi) is 5.95. The first kappa shape index (κ1) is 19.3. The van der Waals surface area contributed by atoms with Crippen molar-refractivity contribution in [3.8, 4) is 0 Å². The van der Waals surface area contributed by atoms with Crippen LogP contribution in [0.15, 0.2) is 54.6 Å². The van der Waals surface area contributed by atoms with Crippen molar-refractivity contribution in [2.75, 3.05) is 67.6 Å². The number of para-hydroxylation sites is 3. The summed E-state index contributed by atoms with van der Waals surface area (Å²) < 4.78 is 5.41. The van der Waals surface area contributed by atoms with Gasteiger partial charge in [0.15, 0.2) is 0 Å². The largest absolute Gasteiger partial charge is 0.378 e. The van der Waals surface area contributed by atoms with Gasteiger partial charge in [-0.15, -0.1) is 0 Å². The third-order valence-electron chi connectivity index (χ3n) is 5.39. The Labute approximate surface area is 170 Å². The average Bonchev–Trinajstić information content (AvgIpc) is 2.80. The molecule has 29 heavy (non-hydrogen) atoms. The van der Waals surface area contributed by atoms with Gasteiger partial charge in [0.2, 0.25) is 0 Å². The van der Waals surface area contributed by atoms with Gasteiger partial charge in [0.05, 0.1) is 24.6 Å². The predicted molar refractivity (Wildman–Crippen MR) is 113 cm³/mol. The monoisotopic (exact) mass is 394 g/mol. The Bertz CT molecular complexity index is 844. The number of hydrogen-bond acceptors (Lipinski definition) is 5. The highest BCUT2D eigenvalue weighted by atomic mass is 16.5. The number of hydrogen-bond donors (Lipinski definition) is 1. The maximum atomic E-state index is 12.7. The molecule has 0 spiro atoms. The molecule has 2 aliphatic rings. The van der Waals surface area contributed by atoms with Gasteiger partial charge in [0.25, 0.3) is 0 Å². The zero-order valence-electron chi connectivity index (χ0n) is 16.4. The first-order valence-electron chi connectivity index (χ1n) is 10.0. The maximum Gasteiger partial charge on any atom is 0.313 e. The molecular formula is C22H26N4O3. The van der Waals surface area contributed by atoms with Crippen LogP contribution in [-0.4, -0.2) is 69.2 Å². The standard InChI is InChI=1S/C22H26N4O3/c27-21(23-19-8-4-5-9-20(19)25-14-16-29-17-15-25)22(28)26-12-10-24(11-13-26)18-6-2-1-3-7-18/h1-9H,10-17H2,(H,23,27). The highest BCUT2D eigenvalue weighted by Gasteiger charge is 2.27. The number of carbonyl (C=O) groups is 2. The Morgan fingerprint density at radius 3 is 2.14 bits per heavy atom. The first-order valence-corrected chi connectivity index (χ1v) is 10.0. The van der Waals surface area contributed by atoms with Crippen molar-refractivity contribution < 1.29 is 14.3 Å². The van der Waals surface area contributed by atoms with Crippen LogP contribution >= 0.6 is 0 Å². The second-order valence-electron chi connectivity index (χ2n) is 7.19. The number of piperazine rings is 1. The highest BCUT2D eigenvalue weighted by Crippen LogP contribution is 2.26. The summed E-state index contributed by atoms with van der Waals surface area (Å²) in [7, 11) is 0. The number of carbonyl (C=O) groups excluding carboxylic acids is 2. The van der Waals surface area contributed by atoms with Gasteiger partial charge in [-0.1, -0.05) is 30.3 Å². The summed E-state index contributed by atoms with van der Waals surface area (Å²) >= 11 is 0. The Morgan fingerprint density at radius 2 is 1.41 bits per heavy atom. The number of nitrogens with zero attached hydrogens (tertiary/aromatic N) is 3. The molecule has 2 amide bonds. The summed E-state index contributed by atoms with van der Waals surface area (Å²) in [6.45, 7) is 5.35. The van der Waals surface area contributed by atoms with Gasteiger partial charge >= 0.3 is 11.8 Å². The Hall–Kier alpha value is -3.06. The van der Waals surface area contributed by atoms with Crippen LogP contribution in [0.4, 0.5) is 17.1 Å². The quantitative estimate of drug-likeness (QED) is 0.805. The first-order chi connectivity index (χ1) is 14.2. The average molecular weight is 394 g/mol.